The first kappa shape index (κ1) is 15.6. The summed E-state index contributed by atoms with van der Waals surface area (Å²) in [7, 11) is 0. The van der Waals surface area contributed by atoms with Gasteiger partial charge in [0, 0.05) is 24.5 Å². The van der Waals surface area contributed by atoms with Gasteiger partial charge >= 0.3 is 6.09 Å². The number of nitrogens with zero attached hydrogens (tertiary/aromatic N) is 2. The van der Waals surface area contributed by atoms with Crippen molar-refractivity contribution in [2.45, 2.75) is 45.3 Å². The lowest BCUT2D eigenvalue weighted by Gasteiger charge is -2.58. The van der Waals surface area contributed by atoms with Gasteiger partial charge in [-0.1, -0.05) is 6.07 Å². The Labute approximate surface area is 139 Å². The zero-order valence-corrected chi connectivity index (χ0v) is 14.8. The molecule has 120 valence electrons. The fourth-order valence-corrected chi connectivity index (χ4v) is 3.61. The number of hydrogen-bond donors (Lipinski definition) is 1. The SMILES string of the molecule is CC(C)(C)OC(=O)N1CC2(CC(Nc3cccc(Br)n3)C2)C1. The lowest BCUT2D eigenvalue weighted by atomic mass is 9.61. The van der Waals surface area contributed by atoms with Crippen LogP contribution in [-0.4, -0.2) is 40.7 Å². The van der Waals surface area contributed by atoms with Crippen LogP contribution in [0.2, 0.25) is 0 Å². The number of aromatic nitrogens is 1. The third-order valence-electron chi connectivity index (χ3n) is 4.13. The van der Waals surface area contributed by atoms with Crippen LogP contribution in [-0.2, 0) is 4.74 Å². The minimum Gasteiger partial charge on any atom is -0.444 e. The van der Waals surface area contributed by atoms with Gasteiger partial charge in [0.1, 0.15) is 16.0 Å². The van der Waals surface area contributed by atoms with Crippen molar-refractivity contribution >= 4 is 27.8 Å². The fraction of sp³-hybridized carbons (Fsp3) is 0.625. The lowest BCUT2D eigenvalue weighted by molar-refractivity contribution is -0.0739. The second-order valence-electron chi connectivity index (χ2n) is 7.43. The molecule has 22 heavy (non-hydrogen) atoms. The highest BCUT2D eigenvalue weighted by atomic mass is 79.9. The van der Waals surface area contributed by atoms with Gasteiger partial charge in [0.15, 0.2) is 0 Å². The van der Waals surface area contributed by atoms with Crippen molar-refractivity contribution in [2.75, 3.05) is 18.4 Å². The Hall–Kier alpha value is -1.30. The van der Waals surface area contributed by atoms with E-state index in [9.17, 15) is 4.79 Å². The molecule has 0 bridgehead atoms. The molecule has 2 heterocycles. The first-order valence-corrected chi connectivity index (χ1v) is 8.41. The van der Waals surface area contributed by atoms with E-state index in [1.807, 2.05) is 39.0 Å². The zero-order chi connectivity index (χ0) is 16.0. The fourth-order valence-electron chi connectivity index (χ4n) is 3.26. The number of amides is 1. The summed E-state index contributed by atoms with van der Waals surface area (Å²) in [6.45, 7) is 7.32. The van der Waals surface area contributed by atoms with E-state index in [1.54, 1.807) is 4.90 Å². The number of carbonyl (C=O) groups excluding carboxylic acids is 1. The molecule has 1 aromatic heterocycles. The van der Waals surface area contributed by atoms with Crippen molar-refractivity contribution in [3.63, 3.8) is 0 Å². The van der Waals surface area contributed by atoms with Crippen molar-refractivity contribution in [3.8, 4) is 0 Å². The Morgan fingerprint density at radius 2 is 2.09 bits per heavy atom. The van der Waals surface area contributed by atoms with E-state index in [1.165, 1.54) is 0 Å². The standard InChI is InChI=1S/C16H22BrN3O2/c1-15(2,3)22-14(21)20-9-16(10-20)7-11(8-16)18-13-6-4-5-12(17)19-13/h4-6,11H,7-10H2,1-3H3,(H,18,19). The average molecular weight is 368 g/mol. The van der Waals surface area contributed by atoms with Crippen LogP contribution in [0.4, 0.5) is 10.6 Å². The quantitative estimate of drug-likeness (QED) is 0.810. The molecule has 1 spiro atoms. The van der Waals surface area contributed by atoms with Gasteiger partial charge in [-0.2, -0.15) is 0 Å². The van der Waals surface area contributed by atoms with Crippen molar-refractivity contribution < 1.29 is 9.53 Å². The highest BCUT2D eigenvalue weighted by Crippen LogP contribution is 2.49. The first-order valence-electron chi connectivity index (χ1n) is 7.62. The third kappa shape index (κ3) is 3.37. The molecule has 1 N–H and O–H groups in total. The van der Waals surface area contributed by atoms with Crippen molar-refractivity contribution in [1.29, 1.82) is 0 Å². The summed E-state index contributed by atoms with van der Waals surface area (Å²) in [6.07, 6.45) is 1.98. The minimum atomic E-state index is -0.421. The molecule has 1 amide bonds. The molecule has 0 atom stereocenters. The number of carbonyl (C=O) groups is 1. The van der Waals surface area contributed by atoms with E-state index in [0.29, 0.717) is 11.5 Å². The van der Waals surface area contributed by atoms with Gasteiger partial charge in [0.05, 0.1) is 0 Å². The van der Waals surface area contributed by atoms with Crippen LogP contribution in [0.3, 0.4) is 0 Å². The predicted molar refractivity (Wildman–Crippen MR) is 88.8 cm³/mol. The number of nitrogens with one attached hydrogen (secondary N) is 1. The number of ether oxygens (including phenoxy) is 1. The number of likely N-dealkylation sites (tertiary alicyclic amines) is 1. The molecule has 1 aliphatic heterocycles. The Bertz CT molecular complexity index is 571. The summed E-state index contributed by atoms with van der Waals surface area (Å²) in [4.78, 5) is 18.1. The molecule has 6 heteroatoms. The summed E-state index contributed by atoms with van der Waals surface area (Å²) in [5.74, 6) is 0.901. The van der Waals surface area contributed by atoms with Crippen LogP contribution in [0.5, 0.6) is 0 Å². The van der Waals surface area contributed by atoms with Crippen LogP contribution >= 0.6 is 15.9 Å². The zero-order valence-electron chi connectivity index (χ0n) is 13.2. The monoisotopic (exact) mass is 367 g/mol. The minimum absolute atomic E-state index is 0.191. The largest absolute Gasteiger partial charge is 0.444 e. The highest BCUT2D eigenvalue weighted by Gasteiger charge is 2.54. The van der Waals surface area contributed by atoms with Crippen molar-refractivity contribution in [1.82, 2.24) is 9.88 Å². The van der Waals surface area contributed by atoms with Gasteiger partial charge < -0.3 is 15.0 Å². The second kappa shape index (κ2) is 5.41. The van der Waals surface area contributed by atoms with Gasteiger partial charge in [-0.25, -0.2) is 9.78 Å². The maximum absolute atomic E-state index is 12.0. The molecule has 1 aliphatic carbocycles. The molecular formula is C16H22BrN3O2. The molecule has 5 nitrogen and oxygen atoms in total. The summed E-state index contributed by atoms with van der Waals surface area (Å²) >= 11 is 3.38. The van der Waals surface area contributed by atoms with E-state index in [-0.39, 0.29) is 6.09 Å². The normalized spacial score (nSPS) is 20.3. The van der Waals surface area contributed by atoms with E-state index in [0.717, 1.165) is 36.4 Å². The molecule has 0 aromatic carbocycles. The maximum Gasteiger partial charge on any atom is 0.410 e. The molecule has 1 saturated heterocycles. The first-order chi connectivity index (χ1) is 10.2. The molecule has 2 fully saturated rings. The Kier molecular flexibility index (Phi) is 3.83. The molecule has 0 unspecified atom stereocenters. The van der Waals surface area contributed by atoms with E-state index >= 15 is 0 Å². The van der Waals surface area contributed by atoms with Crippen molar-refractivity contribution in [2.24, 2.45) is 5.41 Å². The lowest BCUT2D eigenvalue weighted by Crippen LogP contribution is -2.66. The summed E-state index contributed by atoms with van der Waals surface area (Å²) < 4.78 is 6.23. The topological polar surface area (TPSA) is 54.5 Å². The van der Waals surface area contributed by atoms with Crippen LogP contribution in [0.25, 0.3) is 0 Å². The third-order valence-corrected chi connectivity index (χ3v) is 4.57. The molecule has 3 rings (SSSR count). The van der Waals surface area contributed by atoms with Gasteiger partial charge in [-0.3, -0.25) is 0 Å². The van der Waals surface area contributed by atoms with E-state index in [4.69, 9.17) is 4.74 Å². The Balaban J connectivity index is 1.44. The van der Waals surface area contributed by atoms with Gasteiger partial charge in [0.25, 0.3) is 0 Å². The number of halogens is 1. The molecule has 2 aliphatic rings. The molecule has 0 radical (unpaired) electrons. The Morgan fingerprint density at radius 1 is 1.41 bits per heavy atom. The van der Waals surface area contributed by atoms with E-state index < -0.39 is 5.60 Å². The van der Waals surface area contributed by atoms with Crippen LogP contribution in [0, 0.1) is 5.41 Å². The van der Waals surface area contributed by atoms with Crippen molar-refractivity contribution in [3.05, 3.63) is 22.8 Å². The van der Waals surface area contributed by atoms with E-state index in [2.05, 4.69) is 26.2 Å². The molecule has 1 aromatic rings. The van der Waals surface area contributed by atoms with Crippen LogP contribution in [0.1, 0.15) is 33.6 Å². The Morgan fingerprint density at radius 3 is 2.68 bits per heavy atom. The molecule has 1 saturated carbocycles. The summed E-state index contributed by atoms with van der Waals surface area (Å²) in [5.41, 5.74) is -0.128. The second-order valence-corrected chi connectivity index (χ2v) is 8.24. The van der Waals surface area contributed by atoms with Crippen LogP contribution in [0.15, 0.2) is 22.8 Å². The van der Waals surface area contributed by atoms with Crippen LogP contribution < -0.4 is 5.32 Å². The summed E-state index contributed by atoms with van der Waals surface area (Å²) in [6, 6.07) is 6.31. The van der Waals surface area contributed by atoms with Gasteiger partial charge in [0.2, 0.25) is 0 Å². The average Bonchev–Trinajstić information content (AvgIpc) is 2.28. The number of rotatable bonds is 2. The van der Waals surface area contributed by atoms with Gasteiger partial charge in [-0.15, -0.1) is 0 Å². The number of hydrogen-bond acceptors (Lipinski definition) is 4. The molecular weight excluding hydrogens is 346 g/mol. The number of anilines is 1. The predicted octanol–water partition coefficient (Wildman–Crippen LogP) is 3.66. The smallest absolute Gasteiger partial charge is 0.410 e. The highest BCUT2D eigenvalue weighted by molar-refractivity contribution is 9.10. The maximum atomic E-state index is 12.0. The summed E-state index contributed by atoms with van der Waals surface area (Å²) in [5, 5.41) is 3.45. The van der Waals surface area contributed by atoms with Gasteiger partial charge in [-0.05, 0) is 61.7 Å². The number of pyridine rings is 1.